The van der Waals surface area contributed by atoms with E-state index in [2.05, 4.69) is 15.5 Å². The largest absolute Gasteiger partial charge is 0.375 e. The molecule has 0 bridgehead atoms. The molecule has 0 radical (unpaired) electrons. The van der Waals surface area contributed by atoms with Crippen LogP contribution in [-0.4, -0.2) is 59.3 Å². The van der Waals surface area contributed by atoms with Gasteiger partial charge in [0.25, 0.3) is 0 Å². The maximum absolute atomic E-state index is 13.1. The van der Waals surface area contributed by atoms with Crippen molar-refractivity contribution in [2.24, 2.45) is 0 Å². The molecule has 7 nitrogen and oxygen atoms in total. The fourth-order valence-electron chi connectivity index (χ4n) is 3.70. The van der Waals surface area contributed by atoms with E-state index < -0.39 is 0 Å². The zero-order chi connectivity index (χ0) is 18.8. The minimum absolute atomic E-state index is 0. The van der Waals surface area contributed by atoms with E-state index in [0.29, 0.717) is 37.0 Å². The second-order valence-electron chi connectivity index (χ2n) is 7.09. The minimum Gasteiger partial charge on any atom is -0.375 e. The van der Waals surface area contributed by atoms with Gasteiger partial charge in [-0.1, -0.05) is 5.16 Å². The van der Waals surface area contributed by atoms with Crippen LogP contribution in [0, 0.1) is 5.82 Å². The molecule has 2 aromatic rings. The Morgan fingerprint density at radius 2 is 2.11 bits per heavy atom. The van der Waals surface area contributed by atoms with Crippen LogP contribution >= 0.6 is 12.4 Å². The maximum Gasteiger partial charge on any atom is 0.242 e. The van der Waals surface area contributed by atoms with E-state index in [4.69, 9.17) is 9.26 Å². The number of piperidine rings is 1. The highest BCUT2D eigenvalue weighted by Crippen LogP contribution is 2.28. The molecule has 0 saturated carbocycles. The molecule has 3 atom stereocenters. The SMILES string of the molecule is C[C@H]1OCCN[C@@H]1C(=O)N1CCCC(c2nc(-c3ccc(F)cc3)no2)C1.Cl. The Labute approximate surface area is 169 Å². The summed E-state index contributed by atoms with van der Waals surface area (Å²) >= 11 is 0. The number of carbonyl (C=O) groups excluding carboxylic acids is 1. The van der Waals surface area contributed by atoms with Gasteiger partial charge in [-0.25, -0.2) is 4.39 Å². The van der Waals surface area contributed by atoms with Crippen LogP contribution in [0.2, 0.25) is 0 Å². The monoisotopic (exact) mass is 410 g/mol. The van der Waals surface area contributed by atoms with Crippen molar-refractivity contribution in [3.63, 3.8) is 0 Å². The molecule has 0 aliphatic carbocycles. The molecule has 2 saturated heterocycles. The Morgan fingerprint density at radius 1 is 1.32 bits per heavy atom. The molecule has 3 heterocycles. The van der Waals surface area contributed by atoms with Crippen LogP contribution in [0.4, 0.5) is 4.39 Å². The van der Waals surface area contributed by atoms with Crippen LogP contribution in [0.5, 0.6) is 0 Å². The number of morpholine rings is 1. The molecule has 4 rings (SSSR count). The third-order valence-corrected chi connectivity index (χ3v) is 5.21. The van der Waals surface area contributed by atoms with E-state index in [-0.39, 0.29) is 42.2 Å². The number of amides is 1. The van der Waals surface area contributed by atoms with E-state index in [1.807, 2.05) is 11.8 Å². The van der Waals surface area contributed by atoms with E-state index in [1.165, 1.54) is 12.1 Å². The zero-order valence-electron chi connectivity index (χ0n) is 15.6. The first-order chi connectivity index (χ1) is 13.1. The lowest BCUT2D eigenvalue weighted by Gasteiger charge is -2.37. The zero-order valence-corrected chi connectivity index (χ0v) is 16.5. The van der Waals surface area contributed by atoms with Gasteiger partial charge < -0.3 is 19.5 Å². The molecule has 152 valence electrons. The molecule has 0 spiro atoms. The number of nitrogens with one attached hydrogen (secondary N) is 1. The number of nitrogens with zero attached hydrogens (tertiary/aromatic N) is 3. The van der Waals surface area contributed by atoms with Crippen molar-refractivity contribution in [3.8, 4) is 11.4 Å². The Hall–Kier alpha value is -2.03. The highest BCUT2D eigenvalue weighted by Gasteiger charge is 2.35. The van der Waals surface area contributed by atoms with Crippen LogP contribution < -0.4 is 5.32 Å². The molecule has 1 N–H and O–H groups in total. The normalized spacial score (nSPS) is 25.2. The molecule has 1 aromatic carbocycles. The molecule has 1 amide bonds. The fourth-order valence-corrected chi connectivity index (χ4v) is 3.70. The molecular formula is C19H24ClFN4O3. The number of rotatable bonds is 3. The number of likely N-dealkylation sites (tertiary alicyclic amines) is 1. The fraction of sp³-hybridized carbons (Fsp3) is 0.526. The molecule has 28 heavy (non-hydrogen) atoms. The average molecular weight is 411 g/mol. The lowest BCUT2D eigenvalue weighted by atomic mass is 9.96. The molecule has 9 heteroatoms. The number of halogens is 2. The molecule has 2 fully saturated rings. The average Bonchev–Trinajstić information content (AvgIpc) is 3.19. The summed E-state index contributed by atoms with van der Waals surface area (Å²) in [6.07, 6.45) is 1.63. The van der Waals surface area contributed by atoms with Crippen molar-refractivity contribution in [1.29, 1.82) is 0 Å². The van der Waals surface area contributed by atoms with Gasteiger partial charge >= 0.3 is 0 Å². The Balaban J connectivity index is 0.00000225. The molecule has 2 aliphatic rings. The van der Waals surface area contributed by atoms with E-state index >= 15 is 0 Å². The summed E-state index contributed by atoms with van der Waals surface area (Å²) in [5, 5.41) is 7.27. The third kappa shape index (κ3) is 4.34. The van der Waals surface area contributed by atoms with Crippen molar-refractivity contribution in [2.75, 3.05) is 26.2 Å². The lowest BCUT2D eigenvalue weighted by molar-refractivity contribution is -0.140. The summed E-state index contributed by atoms with van der Waals surface area (Å²) < 4.78 is 24.1. The van der Waals surface area contributed by atoms with Gasteiger partial charge in [-0.05, 0) is 44.0 Å². The van der Waals surface area contributed by atoms with Crippen molar-refractivity contribution in [2.45, 2.75) is 37.8 Å². The van der Waals surface area contributed by atoms with Crippen LogP contribution in [-0.2, 0) is 9.53 Å². The first-order valence-corrected chi connectivity index (χ1v) is 9.35. The van der Waals surface area contributed by atoms with Gasteiger partial charge in [-0.2, -0.15) is 4.98 Å². The van der Waals surface area contributed by atoms with Gasteiger partial charge in [-0.3, -0.25) is 4.79 Å². The quantitative estimate of drug-likeness (QED) is 0.836. The van der Waals surface area contributed by atoms with Crippen molar-refractivity contribution < 1.29 is 18.4 Å². The van der Waals surface area contributed by atoms with E-state index in [9.17, 15) is 9.18 Å². The predicted octanol–water partition coefficient (Wildman–Crippen LogP) is 2.38. The topological polar surface area (TPSA) is 80.5 Å². The van der Waals surface area contributed by atoms with Gasteiger partial charge in [0.15, 0.2) is 0 Å². The lowest BCUT2D eigenvalue weighted by Crippen LogP contribution is -2.57. The van der Waals surface area contributed by atoms with Gasteiger partial charge in [0, 0.05) is 25.2 Å². The number of ether oxygens (including phenoxy) is 1. The van der Waals surface area contributed by atoms with Gasteiger partial charge in [0.2, 0.25) is 17.6 Å². The third-order valence-electron chi connectivity index (χ3n) is 5.21. The summed E-state index contributed by atoms with van der Waals surface area (Å²) in [4.78, 5) is 19.2. The maximum atomic E-state index is 13.1. The summed E-state index contributed by atoms with van der Waals surface area (Å²) in [6.45, 7) is 4.50. The van der Waals surface area contributed by atoms with Crippen molar-refractivity contribution >= 4 is 18.3 Å². The number of carbonyl (C=O) groups is 1. The highest BCUT2D eigenvalue weighted by molar-refractivity contribution is 5.85. The van der Waals surface area contributed by atoms with Crippen LogP contribution in [0.25, 0.3) is 11.4 Å². The van der Waals surface area contributed by atoms with Crippen LogP contribution in [0.1, 0.15) is 31.6 Å². The van der Waals surface area contributed by atoms with Crippen molar-refractivity contribution in [3.05, 3.63) is 36.0 Å². The summed E-state index contributed by atoms with van der Waals surface area (Å²) in [6, 6.07) is 5.67. The second-order valence-corrected chi connectivity index (χ2v) is 7.09. The minimum atomic E-state index is -0.310. The first kappa shape index (κ1) is 20.7. The number of aromatic nitrogens is 2. The molecule has 2 aliphatic heterocycles. The smallest absolute Gasteiger partial charge is 0.242 e. The molecule has 1 aromatic heterocycles. The van der Waals surface area contributed by atoms with E-state index in [1.54, 1.807) is 12.1 Å². The van der Waals surface area contributed by atoms with Crippen LogP contribution in [0.3, 0.4) is 0 Å². The second kappa shape index (κ2) is 8.98. The Bertz CT molecular complexity index is 801. The number of benzene rings is 1. The molecule has 1 unspecified atom stereocenters. The Morgan fingerprint density at radius 3 is 2.86 bits per heavy atom. The standard InChI is InChI=1S/C19H23FN4O3.ClH/c1-12-16(21-8-10-26-12)19(25)24-9-2-3-14(11-24)18-22-17(23-27-18)13-4-6-15(20)7-5-13;/h4-7,12,14,16,21H,2-3,8-11H2,1H3;1H/t12-,14?,16+;/m1./s1. The summed E-state index contributed by atoms with van der Waals surface area (Å²) in [5.74, 6) is 0.713. The number of hydrogen-bond acceptors (Lipinski definition) is 6. The highest BCUT2D eigenvalue weighted by atomic mass is 35.5. The van der Waals surface area contributed by atoms with Crippen LogP contribution in [0.15, 0.2) is 28.8 Å². The van der Waals surface area contributed by atoms with E-state index in [0.717, 1.165) is 19.4 Å². The number of hydrogen-bond donors (Lipinski definition) is 1. The summed E-state index contributed by atoms with van der Waals surface area (Å²) in [5.41, 5.74) is 0.701. The summed E-state index contributed by atoms with van der Waals surface area (Å²) in [7, 11) is 0. The first-order valence-electron chi connectivity index (χ1n) is 9.35. The van der Waals surface area contributed by atoms with Gasteiger partial charge in [-0.15, -0.1) is 12.4 Å². The van der Waals surface area contributed by atoms with Gasteiger partial charge in [0.05, 0.1) is 18.6 Å². The predicted molar refractivity (Wildman–Crippen MR) is 103 cm³/mol. The van der Waals surface area contributed by atoms with Crippen molar-refractivity contribution in [1.82, 2.24) is 20.4 Å². The Kier molecular flexibility index (Phi) is 6.64. The molecular weight excluding hydrogens is 387 g/mol. The van der Waals surface area contributed by atoms with Gasteiger partial charge in [0.1, 0.15) is 11.9 Å².